The third kappa shape index (κ3) is 5.85. The highest BCUT2D eigenvalue weighted by atomic mass is 19.4. The number of nitrogens with one attached hydrogen (secondary N) is 1. The van der Waals surface area contributed by atoms with E-state index in [1.165, 1.54) is 7.11 Å². The standard InChI is InChI=1S/C13H17F4NO2/c1-20-8-12(19)2-3-18-7-9-4-10(13(15,16)17)6-11(14)5-9/h4-6,12,18-19H,2-3,7-8H2,1H3. The summed E-state index contributed by atoms with van der Waals surface area (Å²) in [5.74, 6) is -0.920. The maximum absolute atomic E-state index is 13.1. The predicted octanol–water partition coefficient (Wildman–Crippen LogP) is 2.33. The fourth-order valence-electron chi connectivity index (χ4n) is 1.69. The molecule has 1 aromatic carbocycles. The van der Waals surface area contributed by atoms with Gasteiger partial charge in [-0.3, -0.25) is 0 Å². The molecule has 1 rings (SSSR count). The molecule has 1 aromatic rings. The van der Waals surface area contributed by atoms with Crippen molar-refractivity contribution < 1.29 is 27.4 Å². The molecule has 7 heteroatoms. The summed E-state index contributed by atoms with van der Waals surface area (Å²) in [6.07, 6.45) is -4.80. The number of aliphatic hydroxyl groups excluding tert-OH is 1. The van der Waals surface area contributed by atoms with Crippen LogP contribution in [0, 0.1) is 5.82 Å². The second-order valence-electron chi connectivity index (χ2n) is 4.42. The van der Waals surface area contributed by atoms with E-state index in [2.05, 4.69) is 5.32 Å². The number of aliphatic hydroxyl groups is 1. The Bertz CT molecular complexity index is 423. The molecule has 0 aliphatic rings. The van der Waals surface area contributed by atoms with Gasteiger partial charge in [0.05, 0.1) is 18.3 Å². The third-order valence-corrected chi connectivity index (χ3v) is 2.63. The molecular weight excluding hydrogens is 278 g/mol. The van der Waals surface area contributed by atoms with Crippen molar-refractivity contribution >= 4 is 0 Å². The van der Waals surface area contributed by atoms with Crippen molar-refractivity contribution in [3.63, 3.8) is 0 Å². The third-order valence-electron chi connectivity index (χ3n) is 2.63. The van der Waals surface area contributed by atoms with Crippen LogP contribution < -0.4 is 5.32 Å². The number of alkyl halides is 3. The molecule has 0 aromatic heterocycles. The molecule has 0 bridgehead atoms. The Balaban J connectivity index is 2.50. The molecule has 0 aliphatic heterocycles. The van der Waals surface area contributed by atoms with Crippen LogP contribution in [0.15, 0.2) is 18.2 Å². The van der Waals surface area contributed by atoms with E-state index < -0.39 is 23.7 Å². The van der Waals surface area contributed by atoms with Crippen molar-refractivity contribution in [2.75, 3.05) is 20.3 Å². The van der Waals surface area contributed by atoms with E-state index in [1.807, 2.05) is 0 Å². The summed E-state index contributed by atoms with van der Waals surface area (Å²) >= 11 is 0. The van der Waals surface area contributed by atoms with E-state index in [1.54, 1.807) is 0 Å². The molecule has 20 heavy (non-hydrogen) atoms. The lowest BCUT2D eigenvalue weighted by atomic mass is 10.1. The fraction of sp³-hybridized carbons (Fsp3) is 0.538. The Labute approximate surface area is 114 Å². The molecule has 0 aliphatic carbocycles. The van der Waals surface area contributed by atoms with E-state index in [0.717, 1.165) is 12.1 Å². The SMILES string of the molecule is COCC(O)CCNCc1cc(F)cc(C(F)(F)F)c1. The van der Waals surface area contributed by atoms with Gasteiger partial charge in [-0.25, -0.2) is 4.39 Å². The van der Waals surface area contributed by atoms with Gasteiger partial charge in [0.15, 0.2) is 0 Å². The lowest BCUT2D eigenvalue weighted by molar-refractivity contribution is -0.137. The van der Waals surface area contributed by atoms with E-state index in [9.17, 15) is 22.7 Å². The zero-order chi connectivity index (χ0) is 15.2. The first-order chi connectivity index (χ1) is 9.32. The fourth-order valence-corrected chi connectivity index (χ4v) is 1.69. The summed E-state index contributed by atoms with van der Waals surface area (Å²) in [4.78, 5) is 0. The van der Waals surface area contributed by atoms with Crippen molar-refractivity contribution in [3.8, 4) is 0 Å². The van der Waals surface area contributed by atoms with Crippen LogP contribution in [0.5, 0.6) is 0 Å². The number of methoxy groups -OCH3 is 1. The quantitative estimate of drug-likeness (QED) is 0.599. The monoisotopic (exact) mass is 295 g/mol. The highest BCUT2D eigenvalue weighted by molar-refractivity contribution is 5.26. The number of rotatable bonds is 7. The number of halogens is 4. The van der Waals surface area contributed by atoms with Gasteiger partial charge >= 0.3 is 6.18 Å². The molecule has 0 spiro atoms. The van der Waals surface area contributed by atoms with Crippen LogP contribution in [0.3, 0.4) is 0 Å². The first kappa shape index (κ1) is 16.9. The van der Waals surface area contributed by atoms with E-state index >= 15 is 0 Å². The van der Waals surface area contributed by atoms with Gasteiger partial charge < -0.3 is 15.2 Å². The lowest BCUT2D eigenvalue weighted by Crippen LogP contribution is -2.23. The lowest BCUT2D eigenvalue weighted by Gasteiger charge is -2.12. The first-order valence-electron chi connectivity index (χ1n) is 6.07. The van der Waals surface area contributed by atoms with Crippen LogP contribution >= 0.6 is 0 Å². The highest BCUT2D eigenvalue weighted by Gasteiger charge is 2.31. The number of hydrogen-bond donors (Lipinski definition) is 2. The average molecular weight is 295 g/mol. The van der Waals surface area contributed by atoms with Gasteiger partial charge in [-0.15, -0.1) is 0 Å². The van der Waals surface area contributed by atoms with Crippen LogP contribution in [0.1, 0.15) is 17.5 Å². The molecule has 0 fully saturated rings. The maximum atomic E-state index is 13.1. The predicted molar refractivity (Wildman–Crippen MR) is 65.6 cm³/mol. The molecule has 0 heterocycles. The summed E-state index contributed by atoms with van der Waals surface area (Å²) in [6, 6.07) is 2.42. The van der Waals surface area contributed by atoms with Crippen molar-refractivity contribution in [2.24, 2.45) is 0 Å². The molecule has 2 N–H and O–H groups in total. The molecule has 114 valence electrons. The van der Waals surface area contributed by atoms with Crippen LogP contribution in [-0.2, 0) is 17.5 Å². The summed E-state index contributed by atoms with van der Waals surface area (Å²) in [7, 11) is 1.46. The topological polar surface area (TPSA) is 41.5 Å². The van der Waals surface area contributed by atoms with E-state index in [-0.39, 0.29) is 18.7 Å². The van der Waals surface area contributed by atoms with Crippen molar-refractivity contribution in [1.82, 2.24) is 5.32 Å². The second kappa shape index (κ2) is 7.56. The van der Waals surface area contributed by atoms with Gasteiger partial charge in [-0.2, -0.15) is 13.2 Å². The van der Waals surface area contributed by atoms with Crippen molar-refractivity contribution in [3.05, 3.63) is 35.1 Å². The van der Waals surface area contributed by atoms with Gasteiger partial charge in [-0.1, -0.05) is 0 Å². The smallest absolute Gasteiger partial charge is 0.391 e. The van der Waals surface area contributed by atoms with Gasteiger partial charge in [0, 0.05) is 13.7 Å². The van der Waals surface area contributed by atoms with Gasteiger partial charge in [-0.05, 0) is 36.7 Å². The first-order valence-corrected chi connectivity index (χ1v) is 6.07. The molecule has 0 saturated heterocycles. The zero-order valence-electron chi connectivity index (χ0n) is 11.0. The molecule has 1 unspecified atom stereocenters. The van der Waals surface area contributed by atoms with Crippen LogP contribution in [0.2, 0.25) is 0 Å². The maximum Gasteiger partial charge on any atom is 0.416 e. The summed E-state index contributed by atoms with van der Waals surface area (Å²) in [5.41, 5.74) is -0.799. The molecule has 3 nitrogen and oxygen atoms in total. The van der Waals surface area contributed by atoms with E-state index in [4.69, 9.17) is 4.74 Å². The van der Waals surface area contributed by atoms with Crippen molar-refractivity contribution in [2.45, 2.75) is 25.2 Å². The van der Waals surface area contributed by atoms with Crippen LogP contribution in [-0.4, -0.2) is 31.5 Å². The Kier molecular flexibility index (Phi) is 6.38. The minimum absolute atomic E-state index is 0.0978. The summed E-state index contributed by atoms with van der Waals surface area (Å²) < 4.78 is 55.3. The normalized spacial score (nSPS) is 13.5. The van der Waals surface area contributed by atoms with E-state index in [0.29, 0.717) is 19.0 Å². The van der Waals surface area contributed by atoms with Crippen molar-refractivity contribution in [1.29, 1.82) is 0 Å². The number of benzene rings is 1. The number of hydrogen-bond acceptors (Lipinski definition) is 3. The largest absolute Gasteiger partial charge is 0.416 e. The molecule has 0 radical (unpaired) electrons. The Morgan fingerprint density at radius 3 is 2.60 bits per heavy atom. The van der Waals surface area contributed by atoms with Gasteiger partial charge in [0.1, 0.15) is 5.82 Å². The van der Waals surface area contributed by atoms with Crippen LogP contribution in [0.4, 0.5) is 17.6 Å². The summed E-state index contributed by atoms with van der Waals surface area (Å²) in [6.45, 7) is 0.683. The Morgan fingerprint density at radius 1 is 1.30 bits per heavy atom. The summed E-state index contributed by atoms with van der Waals surface area (Å²) in [5, 5.41) is 12.2. The minimum Gasteiger partial charge on any atom is -0.391 e. The molecule has 1 atom stereocenters. The zero-order valence-corrected chi connectivity index (χ0v) is 11.0. The minimum atomic E-state index is -4.56. The van der Waals surface area contributed by atoms with Crippen LogP contribution in [0.25, 0.3) is 0 Å². The molecule has 0 amide bonds. The average Bonchev–Trinajstić information content (AvgIpc) is 2.33. The molecular formula is C13H17F4NO2. The Hall–Kier alpha value is -1.18. The highest BCUT2D eigenvalue weighted by Crippen LogP contribution is 2.30. The second-order valence-corrected chi connectivity index (χ2v) is 4.42. The number of ether oxygens (including phenoxy) is 1. The van der Waals surface area contributed by atoms with Gasteiger partial charge in [0.2, 0.25) is 0 Å². The molecule has 0 saturated carbocycles. The van der Waals surface area contributed by atoms with Gasteiger partial charge in [0.25, 0.3) is 0 Å². The Morgan fingerprint density at radius 2 is 2.00 bits per heavy atom.